The Labute approximate surface area is 178 Å². The minimum absolute atomic E-state index is 0.145. The summed E-state index contributed by atoms with van der Waals surface area (Å²) in [5.74, 6) is 4.63. The minimum Gasteiger partial charge on any atom is -0.325 e. The van der Waals surface area contributed by atoms with Gasteiger partial charge in [0.25, 0.3) is 0 Å². The smallest absolute Gasteiger partial charge is 0.170 e. The Kier molecular flexibility index (Phi) is 6.70. The number of rotatable bonds is 3. The molecule has 0 saturated carbocycles. The number of hydrazine groups is 1. The molecule has 0 aromatic heterocycles. The Morgan fingerprint density at radius 3 is 2.62 bits per heavy atom. The van der Waals surface area contributed by atoms with Crippen LogP contribution in [0, 0.1) is 18.6 Å². The van der Waals surface area contributed by atoms with Gasteiger partial charge in [0.1, 0.15) is 11.7 Å². The molecule has 0 saturated heterocycles. The van der Waals surface area contributed by atoms with Gasteiger partial charge in [-0.2, -0.15) is 0 Å². The molecule has 1 heterocycles. The van der Waals surface area contributed by atoms with E-state index in [1.54, 1.807) is 13.0 Å². The number of nitrogens with zero attached hydrogens (tertiary/aromatic N) is 2. The number of nitrogens with one attached hydrogen (secondary N) is 1. The molecule has 0 amide bonds. The van der Waals surface area contributed by atoms with Crippen LogP contribution in [-0.4, -0.2) is 12.4 Å². The molecule has 0 radical (unpaired) electrons. The quantitative estimate of drug-likeness (QED) is 0.280. The lowest BCUT2D eigenvalue weighted by molar-refractivity contribution is 0.506. The fourth-order valence-electron chi connectivity index (χ4n) is 3.53. The van der Waals surface area contributed by atoms with Crippen molar-refractivity contribution in [2.24, 2.45) is 10.8 Å². The van der Waals surface area contributed by atoms with E-state index in [0.717, 1.165) is 46.6 Å². The van der Waals surface area contributed by atoms with Gasteiger partial charge < -0.3 is 10.3 Å². The minimum atomic E-state index is -0.908. The largest absolute Gasteiger partial charge is 0.325 e. The molecule has 2 aromatic carbocycles. The fourth-order valence-corrected chi connectivity index (χ4v) is 4.08. The highest BCUT2D eigenvalue weighted by Gasteiger charge is 2.27. The Balaban J connectivity index is 2.32. The first kappa shape index (κ1) is 21.5. The van der Waals surface area contributed by atoms with Gasteiger partial charge in [0.2, 0.25) is 0 Å². The molecule has 29 heavy (non-hydrogen) atoms. The number of aryl methyl sites for hydroxylation is 1. The van der Waals surface area contributed by atoms with Gasteiger partial charge >= 0.3 is 0 Å². The van der Waals surface area contributed by atoms with Gasteiger partial charge in [0.15, 0.2) is 11.6 Å². The predicted octanol–water partition coefficient (Wildman–Crippen LogP) is 5.34. The second-order valence-corrected chi connectivity index (χ2v) is 8.18. The zero-order valence-corrected chi connectivity index (χ0v) is 18.4. The molecule has 1 aliphatic rings. The Hall–Kier alpha value is -2.25. The molecule has 0 aliphatic carbocycles. The van der Waals surface area contributed by atoms with Crippen LogP contribution in [0.1, 0.15) is 43.4 Å². The highest BCUT2D eigenvalue weighted by molar-refractivity contribution is 9.10. The molecule has 0 fully saturated rings. The van der Waals surface area contributed by atoms with Crippen molar-refractivity contribution in [1.82, 2.24) is 5.43 Å². The van der Waals surface area contributed by atoms with Crippen LogP contribution in [0.4, 0.5) is 14.5 Å². The monoisotopic (exact) mass is 462 g/mol. The molecule has 0 spiro atoms. The number of hydrogen-bond donors (Lipinski definition) is 2. The zero-order valence-electron chi connectivity index (χ0n) is 16.8. The van der Waals surface area contributed by atoms with Crippen molar-refractivity contribution in [3.8, 4) is 0 Å². The Morgan fingerprint density at radius 1 is 1.17 bits per heavy atom. The van der Waals surface area contributed by atoms with Gasteiger partial charge in [-0.25, -0.2) is 19.6 Å². The Morgan fingerprint density at radius 2 is 1.93 bits per heavy atom. The van der Waals surface area contributed by atoms with Gasteiger partial charge in [-0.05, 0) is 74.9 Å². The molecule has 0 bridgehead atoms. The van der Waals surface area contributed by atoms with Crippen molar-refractivity contribution in [2.75, 3.05) is 11.4 Å². The first-order valence-electron chi connectivity index (χ1n) is 9.57. The second-order valence-electron chi connectivity index (χ2n) is 7.33. The molecule has 4 nitrogen and oxygen atoms in total. The molecule has 7 heteroatoms. The van der Waals surface area contributed by atoms with Crippen LogP contribution in [0.5, 0.6) is 0 Å². The van der Waals surface area contributed by atoms with Crippen LogP contribution >= 0.6 is 15.9 Å². The lowest BCUT2D eigenvalue weighted by atomic mass is 10.0. The number of hydrogen-bond acceptors (Lipinski definition) is 3. The van der Waals surface area contributed by atoms with E-state index in [9.17, 15) is 4.39 Å². The summed E-state index contributed by atoms with van der Waals surface area (Å²) in [5.41, 5.74) is 6.24. The summed E-state index contributed by atoms with van der Waals surface area (Å²) in [6.45, 7) is 6.11. The van der Waals surface area contributed by atoms with Gasteiger partial charge in [-0.1, -0.05) is 28.1 Å². The maximum absolute atomic E-state index is 15.0. The van der Waals surface area contributed by atoms with Crippen LogP contribution in [0.15, 0.2) is 51.2 Å². The zero-order chi connectivity index (χ0) is 21.1. The number of anilines is 1. The predicted molar refractivity (Wildman–Crippen MR) is 118 cm³/mol. The van der Waals surface area contributed by atoms with Crippen molar-refractivity contribution in [1.29, 1.82) is 0 Å². The summed E-state index contributed by atoms with van der Waals surface area (Å²) >= 11 is 3.64. The molecule has 3 N–H and O–H groups in total. The lowest BCUT2D eigenvalue weighted by Gasteiger charge is -2.28. The molecule has 3 rings (SSSR count). The maximum atomic E-state index is 15.0. The molecule has 1 aliphatic heterocycles. The highest BCUT2D eigenvalue weighted by Crippen LogP contribution is 2.34. The van der Waals surface area contributed by atoms with Gasteiger partial charge in [-0.3, -0.25) is 0 Å². The maximum Gasteiger partial charge on any atom is 0.170 e. The highest BCUT2D eigenvalue weighted by atomic mass is 79.9. The van der Waals surface area contributed by atoms with Crippen LogP contribution < -0.4 is 16.2 Å². The van der Waals surface area contributed by atoms with Crippen LogP contribution in [0.25, 0.3) is 0 Å². The number of aliphatic imine (C=N–C) groups is 1. The number of fused-ring (bicyclic) bond motifs is 1. The van der Waals surface area contributed by atoms with Gasteiger partial charge in [-0.15, -0.1) is 0 Å². The SMILES string of the molecule is CC(C)=C(/N=C(\c1c(C)ccc(F)c1F)N1CCCCc2c(Br)cccc21)NN. The van der Waals surface area contributed by atoms with E-state index in [0.29, 0.717) is 23.8 Å². The van der Waals surface area contributed by atoms with Crippen LogP contribution in [-0.2, 0) is 6.42 Å². The van der Waals surface area contributed by atoms with Crippen LogP contribution in [0.2, 0.25) is 0 Å². The average molecular weight is 463 g/mol. The second kappa shape index (κ2) is 9.05. The third-order valence-electron chi connectivity index (χ3n) is 5.05. The van der Waals surface area contributed by atoms with Crippen molar-refractivity contribution >= 4 is 27.5 Å². The van der Waals surface area contributed by atoms with Gasteiger partial charge in [0.05, 0.1) is 5.56 Å². The summed E-state index contributed by atoms with van der Waals surface area (Å²) in [6, 6.07) is 8.64. The number of allylic oxidation sites excluding steroid dienone is 1. The van der Waals surface area contributed by atoms with Gasteiger partial charge in [0, 0.05) is 16.7 Å². The van der Waals surface area contributed by atoms with E-state index in [-0.39, 0.29) is 5.56 Å². The fraction of sp³-hybridized carbons (Fsp3) is 0.318. The van der Waals surface area contributed by atoms with E-state index in [1.807, 2.05) is 36.9 Å². The lowest BCUT2D eigenvalue weighted by Crippen LogP contribution is -2.35. The molecular weight excluding hydrogens is 438 g/mol. The number of amidine groups is 1. The molecule has 0 atom stereocenters. The average Bonchev–Trinajstić information content (AvgIpc) is 2.91. The summed E-state index contributed by atoms with van der Waals surface area (Å²) in [7, 11) is 0. The number of halogens is 3. The standard InChI is InChI=1S/C22H25BrF2N4/c1-13(2)21(28-26)27-22(19-14(3)10-11-17(24)20(19)25)29-12-5-4-7-15-16(23)8-6-9-18(15)29/h6,8-11,28H,4-5,7,12,26H2,1-3H3/b27-22+. The van der Waals surface area contributed by atoms with E-state index in [2.05, 4.69) is 26.3 Å². The van der Waals surface area contributed by atoms with Crippen LogP contribution in [0.3, 0.4) is 0 Å². The molecule has 2 aromatic rings. The summed E-state index contributed by atoms with van der Waals surface area (Å²) in [6.07, 6.45) is 2.79. The summed E-state index contributed by atoms with van der Waals surface area (Å²) in [4.78, 5) is 6.66. The summed E-state index contributed by atoms with van der Waals surface area (Å²) in [5, 5.41) is 0. The first-order chi connectivity index (χ1) is 13.8. The first-order valence-corrected chi connectivity index (χ1v) is 10.4. The molecule has 154 valence electrons. The number of nitrogens with two attached hydrogens (primary N) is 1. The van der Waals surface area contributed by atoms with Crippen molar-refractivity contribution < 1.29 is 8.78 Å². The third-order valence-corrected chi connectivity index (χ3v) is 5.80. The number of benzene rings is 2. The molecule has 0 unspecified atom stereocenters. The van der Waals surface area contributed by atoms with E-state index in [1.165, 1.54) is 0 Å². The van der Waals surface area contributed by atoms with Crippen molar-refractivity contribution in [3.05, 3.63) is 74.5 Å². The van der Waals surface area contributed by atoms with Crippen molar-refractivity contribution in [2.45, 2.75) is 40.0 Å². The third kappa shape index (κ3) is 4.36. The van der Waals surface area contributed by atoms with E-state index in [4.69, 9.17) is 5.84 Å². The Bertz CT molecular complexity index is 981. The van der Waals surface area contributed by atoms with E-state index >= 15 is 4.39 Å². The normalized spacial score (nSPS) is 14.3. The van der Waals surface area contributed by atoms with Crippen molar-refractivity contribution in [3.63, 3.8) is 0 Å². The molecular formula is C22H25BrF2N4. The summed E-state index contributed by atoms with van der Waals surface area (Å²) < 4.78 is 30.2. The topological polar surface area (TPSA) is 53.6 Å². The van der Waals surface area contributed by atoms with E-state index < -0.39 is 11.6 Å².